The predicted molar refractivity (Wildman–Crippen MR) is 73.8 cm³/mol. The minimum Gasteiger partial charge on any atom is -0.376 e. The maximum Gasteiger partial charge on any atom is 0.0964 e. The minimum absolute atomic E-state index is 0.266. The second-order valence-electron chi connectivity index (χ2n) is 5.76. The number of rotatable bonds is 5. The van der Waals surface area contributed by atoms with Crippen molar-refractivity contribution in [1.82, 2.24) is 5.32 Å². The molecule has 2 atom stereocenters. The van der Waals surface area contributed by atoms with Crippen LogP contribution in [-0.2, 0) is 9.47 Å². The molecule has 0 radical (unpaired) electrons. The fourth-order valence-electron chi connectivity index (χ4n) is 3.51. The molecule has 3 heteroatoms. The molecular weight excluding hydrogens is 226 g/mol. The molecule has 1 aliphatic carbocycles. The highest BCUT2D eigenvalue weighted by atomic mass is 16.6. The van der Waals surface area contributed by atoms with Crippen LogP contribution in [0.2, 0.25) is 0 Å². The molecule has 18 heavy (non-hydrogen) atoms. The summed E-state index contributed by atoms with van der Waals surface area (Å²) in [6, 6.07) is 0.494. The Morgan fingerprint density at radius 3 is 2.44 bits per heavy atom. The highest BCUT2D eigenvalue weighted by Crippen LogP contribution is 2.34. The van der Waals surface area contributed by atoms with E-state index in [1.807, 2.05) is 0 Å². The van der Waals surface area contributed by atoms with Crippen LogP contribution in [0.1, 0.15) is 46.0 Å². The van der Waals surface area contributed by atoms with Crippen molar-refractivity contribution in [2.24, 2.45) is 11.8 Å². The summed E-state index contributed by atoms with van der Waals surface area (Å²) in [5, 5.41) is 3.65. The van der Waals surface area contributed by atoms with E-state index in [0.29, 0.717) is 6.04 Å². The summed E-state index contributed by atoms with van der Waals surface area (Å²) >= 11 is 0. The van der Waals surface area contributed by atoms with Crippen LogP contribution in [0.15, 0.2) is 0 Å². The van der Waals surface area contributed by atoms with Crippen LogP contribution in [0.25, 0.3) is 0 Å². The monoisotopic (exact) mass is 255 g/mol. The number of nitrogens with one attached hydrogen (secondary N) is 1. The van der Waals surface area contributed by atoms with Crippen molar-refractivity contribution in [1.29, 1.82) is 0 Å². The molecule has 2 aliphatic rings. The second kappa shape index (κ2) is 7.46. The maximum atomic E-state index is 5.91. The van der Waals surface area contributed by atoms with Gasteiger partial charge in [-0.1, -0.05) is 33.1 Å². The quantitative estimate of drug-likeness (QED) is 0.819. The van der Waals surface area contributed by atoms with Crippen molar-refractivity contribution in [2.45, 2.75) is 58.1 Å². The van der Waals surface area contributed by atoms with Gasteiger partial charge in [-0.2, -0.15) is 0 Å². The summed E-state index contributed by atoms with van der Waals surface area (Å²) in [6.45, 7) is 7.83. The number of ether oxygens (including phenoxy) is 2. The van der Waals surface area contributed by atoms with Gasteiger partial charge in [0.25, 0.3) is 0 Å². The third-order valence-electron chi connectivity index (χ3n) is 4.66. The van der Waals surface area contributed by atoms with Crippen molar-refractivity contribution in [2.75, 3.05) is 26.4 Å². The van der Waals surface area contributed by atoms with E-state index in [0.717, 1.165) is 38.2 Å². The largest absolute Gasteiger partial charge is 0.376 e. The summed E-state index contributed by atoms with van der Waals surface area (Å²) in [5.41, 5.74) is 0. The van der Waals surface area contributed by atoms with Gasteiger partial charge in [0.2, 0.25) is 0 Å². The van der Waals surface area contributed by atoms with Gasteiger partial charge in [-0.05, 0) is 31.2 Å². The van der Waals surface area contributed by atoms with Gasteiger partial charge in [-0.25, -0.2) is 0 Å². The third-order valence-corrected chi connectivity index (χ3v) is 4.66. The summed E-state index contributed by atoms with van der Waals surface area (Å²) in [7, 11) is 0. The van der Waals surface area contributed by atoms with Gasteiger partial charge in [0.1, 0.15) is 0 Å². The zero-order valence-corrected chi connectivity index (χ0v) is 12.0. The first-order chi connectivity index (χ1) is 8.85. The first-order valence-corrected chi connectivity index (χ1v) is 7.77. The Morgan fingerprint density at radius 2 is 1.89 bits per heavy atom. The van der Waals surface area contributed by atoms with E-state index in [1.165, 1.54) is 32.1 Å². The van der Waals surface area contributed by atoms with Gasteiger partial charge in [-0.3, -0.25) is 0 Å². The van der Waals surface area contributed by atoms with Crippen molar-refractivity contribution >= 4 is 0 Å². The van der Waals surface area contributed by atoms with E-state index < -0.39 is 0 Å². The van der Waals surface area contributed by atoms with E-state index >= 15 is 0 Å². The van der Waals surface area contributed by atoms with Gasteiger partial charge >= 0.3 is 0 Å². The highest BCUT2D eigenvalue weighted by molar-refractivity contribution is 4.88. The van der Waals surface area contributed by atoms with Crippen LogP contribution in [0, 0.1) is 11.8 Å². The summed E-state index contributed by atoms with van der Waals surface area (Å²) in [4.78, 5) is 0. The summed E-state index contributed by atoms with van der Waals surface area (Å²) < 4.78 is 11.5. The molecule has 1 saturated carbocycles. The Bertz CT molecular complexity index is 221. The number of hydrogen-bond acceptors (Lipinski definition) is 3. The molecule has 0 aromatic carbocycles. The lowest BCUT2D eigenvalue weighted by Crippen LogP contribution is -2.51. The van der Waals surface area contributed by atoms with Crippen LogP contribution in [0.3, 0.4) is 0 Å². The Kier molecular flexibility index (Phi) is 5.93. The summed E-state index contributed by atoms with van der Waals surface area (Å²) in [5.74, 6) is 1.74. The average Bonchev–Trinajstić information content (AvgIpc) is 2.46. The molecule has 3 nitrogen and oxygen atoms in total. The third kappa shape index (κ3) is 3.69. The van der Waals surface area contributed by atoms with Crippen LogP contribution >= 0.6 is 0 Å². The van der Waals surface area contributed by atoms with Gasteiger partial charge in [0.05, 0.1) is 25.9 Å². The zero-order chi connectivity index (χ0) is 12.8. The Balaban J connectivity index is 1.88. The lowest BCUT2D eigenvalue weighted by Gasteiger charge is -2.39. The van der Waals surface area contributed by atoms with Gasteiger partial charge < -0.3 is 14.8 Å². The molecular formula is C15H29NO2. The standard InChI is InChI=1S/C15H29NO2/c1-3-12-5-7-13(8-6-12)15(16-4-2)14-11-17-9-10-18-14/h12-16H,3-11H2,1-2H3. The fraction of sp³-hybridized carbons (Fsp3) is 1.00. The normalized spacial score (nSPS) is 35.3. The molecule has 2 rings (SSSR count). The SMILES string of the molecule is CCNC(C1CCC(CC)CC1)C1COCCO1. The molecule has 0 bridgehead atoms. The Labute approximate surface area is 112 Å². The van der Waals surface area contributed by atoms with Crippen LogP contribution in [0.4, 0.5) is 0 Å². The van der Waals surface area contributed by atoms with Gasteiger partial charge in [-0.15, -0.1) is 0 Å². The molecule has 0 aromatic heterocycles. The Morgan fingerprint density at radius 1 is 1.11 bits per heavy atom. The van der Waals surface area contributed by atoms with Crippen molar-refractivity contribution in [3.05, 3.63) is 0 Å². The van der Waals surface area contributed by atoms with E-state index in [2.05, 4.69) is 19.2 Å². The average molecular weight is 255 g/mol. The highest BCUT2D eigenvalue weighted by Gasteiger charge is 2.33. The first-order valence-electron chi connectivity index (χ1n) is 7.77. The van der Waals surface area contributed by atoms with E-state index in [1.54, 1.807) is 0 Å². The first kappa shape index (κ1) is 14.3. The summed E-state index contributed by atoms with van der Waals surface area (Å²) in [6.07, 6.45) is 7.13. The lowest BCUT2D eigenvalue weighted by atomic mass is 9.76. The van der Waals surface area contributed by atoms with E-state index in [-0.39, 0.29) is 6.10 Å². The van der Waals surface area contributed by atoms with Crippen LogP contribution < -0.4 is 5.32 Å². The van der Waals surface area contributed by atoms with Crippen LogP contribution in [-0.4, -0.2) is 38.5 Å². The number of hydrogen-bond donors (Lipinski definition) is 1. The molecule has 0 amide bonds. The van der Waals surface area contributed by atoms with Gasteiger partial charge in [0, 0.05) is 6.04 Å². The molecule has 2 unspecified atom stereocenters. The van der Waals surface area contributed by atoms with Crippen molar-refractivity contribution < 1.29 is 9.47 Å². The van der Waals surface area contributed by atoms with E-state index in [9.17, 15) is 0 Å². The van der Waals surface area contributed by atoms with Gasteiger partial charge in [0.15, 0.2) is 0 Å². The van der Waals surface area contributed by atoms with Crippen molar-refractivity contribution in [3.8, 4) is 0 Å². The van der Waals surface area contributed by atoms with E-state index in [4.69, 9.17) is 9.47 Å². The zero-order valence-electron chi connectivity index (χ0n) is 12.0. The molecule has 1 N–H and O–H groups in total. The minimum atomic E-state index is 0.266. The smallest absolute Gasteiger partial charge is 0.0964 e. The van der Waals surface area contributed by atoms with Crippen molar-refractivity contribution in [3.63, 3.8) is 0 Å². The topological polar surface area (TPSA) is 30.5 Å². The predicted octanol–water partition coefficient (Wildman–Crippen LogP) is 2.60. The fourth-order valence-corrected chi connectivity index (χ4v) is 3.51. The molecule has 1 heterocycles. The number of likely N-dealkylation sites (N-methyl/N-ethyl adjacent to an activating group) is 1. The molecule has 1 saturated heterocycles. The molecule has 1 aliphatic heterocycles. The second-order valence-corrected chi connectivity index (χ2v) is 5.76. The van der Waals surface area contributed by atoms with Crippen LogP contribution in [0.5, 0.6) is 0 Å². The lowest BCUT2D eigenvalue weighted by molar-refractivity contribution is -0.111. The Hall–Kier alpha value is -0.120. The maximum absolute atomic E-state index is 5.91. The molecule has 106 valence electrons. The molecule has 2 fully saturated rings. The molecule has 0 spiro atoms. The molecule has 0 aromatic rings.